The molecule has 0 aromatic carbocycles. The number of aromatic carboxylic acids is 1. The summed E-state index contributed by atoms with van der Waals surface area (Å²) >= 11 is 0. The largest absolute Gasteiger partial charge is 0.477 e. The molecule has 1 aromatic rings. The number of sulfone groups is 1. The van der Waals surface area contributed by atoms with Crippen molar-refractivity contribution in [3.63, 3.8) is 0 Å². The molecule has 0 radical (unpaired) electrons. The number of carboxylic acids is 1. The number of carbonyl (C=O) groups is 2. The van der Waals surface area contributed by atoms with E-state index in [1.807, 2.05) is 0 Å². The van der Waals surface area contributed by atoms with Gasteiger partial charge in [0.1, 0.15) is 15.5 Å². The van der Waals surface area contributed by atoms with Crippen molar-refractivity contribution in [2.45, 2.75) is 13.0 Å². The third kappa shape index (κ3) is 4.30. The SMILES string of the molecule is CC(CS(C)(=O)=O)N(C)C(=O)c1ccnc(C(=O)O)c1. The van der Waals surface area contributed by atoms with Crippen molar-refractivity contribution >= 4 is 21.7 Å². The second kappa shape index (κ2) is 6.00. The van der Waals surface area contributed by atoms with Crippen LogP contribution < -0.4 is 0 Å². The van der Waals surface area contributed by atoms with Crippen LogP contribution in [-0.4, -0.2) is 60.4 Å². The van der Waals surface area contributed by atoms with E-state index in [1.165, 1.54) is 24.2 Å². The minimum absolute atomic E-state index is 0.153. The van der Waals surface area contributed by atoms with Crippen LogP contribution in [0.25, 0.3) is 0 Å². The Kier molecular flexibility index (Phi) is 4.83. The molecule has 8 heteroatoms. The maximum atomic E-state index is 12.2. The van der Waals surface area contributed by atoms with Crippen molar-refractivity contribution in [2.75, 3.05) is 19.1 Å². The Bertz CT molecular complexity index is 626. The van der Waals surface area contributed by atoms with E-state index >= 15 is 0 Å². The number of amides is 1. The summed E-state index contributed by atoms with van der Waals surface area (Å²) in [5, 5.41) is 8.82. The lowest BCUT2D eigenvalue weighted by Gasteiger charge is -2.24. The quantitative estimate of drug-likeness (QED) is 0.837. The molecular formula is C12H16N2O5S. The molecule has 1 amide bonds. The van der Waals surface area contributed by atoms with Gasteiger partial charge in [0.25, 0.3) is 5.91 Å². The molecule has 0 aliphatic rings. The molecule has 1 rings (SSSR count). The minimum Gasteiger partial charge on any atom is -0.477 e. The van der Waals surface area contributed by atoms with E-state index in [2.05, 4.69) is 4.98 Å². The van der Waals surface area contributed by atoms with Gasteiger partial charge in [-0.1, -0.05) is 0 Å². The van der Waals surface area contributed by atoms with E-state index in [1.54, 1.807) is 6.92 Å². The summed E-state index contributed by atoms with van der Waals surface area (Å²) in [7, 11) is -1.73. The molecule has 0 bridgehead atoms. The maximum Gasteiger partial charge on any atom is 0.354 e. The Morgan fingerprint density at radius 1 is 1.45 bits per heavy atom. The summed E-state index contributed by atoms with van der Waals surface area (Å²) in [4.78, 5) is 27.8. The topological polar surface area (TPSA) is 105 Å². The van der Waals surface area contributed by atoms with Gasteiger partial charge in [0, 0.05) is 31.1 Å². The molecule has 1 unspecified atom stereocenters. The van der Waals surface area contributed by atoms with Crippen LogP contribution in [0.1, 0.15) is 27.8 Å². The van der Waals surface area contributed by atoms with Gasteiger partial charge in [-0.25, -0.2) is 18.2 Å². The second-order valence-electron chi connectivity index (χ2n) is 4.59. The average Bonchev–Trinajstić information content (AvgIpc) is 2.35. The summed E-state index contributed by atoms with van der Waals surface area (Å²) in [5.74, 6) is -1.84. The Balaban J connectivity index is 2.94. The van der Waals surface area contributed by atoms with Crippen molar-refractivity contribution < 1.29 is 23.1 Å². The smallest absolute Gasteiger partial charge is 0.354 e. The first-order chi connectivity index (χ1) is 9.11. The highest BCUT2D eigenvalue weighted by Crippen LogP contribution is 2.09. The first kappa shape index (κ1) is 16.1. The Hall–Kier alpha value is -1.96. The highest BCUT2D eigenvalue weighted by molar-refractivity contribution is 7.90. The Morgan fingerprint density at radius 3 is 2.55 bits per heavy atom. The molecule has 0 aliphatic heterocycles. The fourth-order valence-corrected chi connectivity index (χ4v) is 2.73. The van der Waals surface area contributed by atoms with Gasteiger partial charge in [0.2, 0.25) is 0 Å². The van der Waals surface area contributed by atoms with Gasteiger partial charge in [-0.15, -0.1) is 0 Å². The van der Waals surface area contributed by atoms with Gasteiger partial charge in [0.05, 0.1) is 5.75 Å². The summed E-state index contributed by atoms with van der Waals surface area (Å²) in [6, 6.07) is 2.03. The van der Waals surface area contributed by atoms with Crippen LogP contribution in [0, 0.1) is 0 Å². The fourth-order valence-electron chi connectivity index (χ4n) is 1.63. The molecule has 0 saturated carbocycles. The zero-order chi connectivity index (χ0) is 15.5. The van der Waals surface area contributed by atoms with Crippen LogP contribution in [0.15, 0.2) is 18.3 Å². The lowest BCUT2D eigenvalue weighted by atomic mass is 10.2. The predicted octanol–water partition coefficient (Wildman–Crippen LogP) is 0.285. The van der Waals surface area contributed by atoms with Crippen LogP contribution in [0.3, 0.4) is 0 Å². The molecule has 1 heterocycles. The number of rotatable bonds is 5. The van der Waals surface area contributed by atoms with Crippen molar-refractivity contribution in [3.05, 3.63) is 29.6 Å². The van der Waals surface area contributed by atoms with Gasteiger partial charge < -0.3 is 10.0 Å². The van der Waals surface area contributed by atoms with Crippen molar-refractivity contribution in [1.29, 1.82) is 0 Å². The molecule has 7 nitrogen and oxygen atoms in total. The van der Waals surface area contributed by atoms with E-state index in [0.717, 1.165) is 12.3 Å². The zero-order valence-corrected chi connectivity index (χ0v) is 12.2. The first-order valence-electron chi connectivity index (χ1n) is 5.76. The van der Waals surface area contributed by atoms with Crippen LogP contribution in [-0.2, 0) is 9.84 Å². The molecule has 0 fully saturated rings. The van der Waals surface area contributed by atoms with Gasteiger partial charge in [-0.3, -0.25) is 4.79 Å². The molecule has 1 N–H and O–H groups in total. The van der Waals surface area contributed by atoms with Gasteiger partial charge in [-0.05, 0) is 19.1 Å². The van der Waals surface area contributed by atoms with Crippen molar-refractivity contribution in [2.24, 2.45) is 0 Å². The number of nitrogens with zero attached hydrogens (tertiary/aromatic N) is 2. The van der Waals surface area contributed by atoms with E-state index in [9.17, 15) is 18.0 Å². The summed E-state index contributed by atoms with van der Waals surface area (Å²) < 4.78 is 22.4. The third-order valence-electron chi connectivity index (χ3n) is 2.75. The van der Waals surface area contributed by atoms with Crippen LogP contribution in [0.2, 0.25) is 0 Å². The average molecular weight is 300 g/mol. The predicted molar refractivity (Wildman–Crippen MR) is 72.5 cm³/mol. The normalized spacial score (nSPS) is 12.8. The standard InChI is InChI=1S/C12H16N2O5S/c1-8(7-20(3,18)19)14(2)11(15)9-4-5-13-10(6-9)12(16)17/h4-6,8H,7H2,1-3H3,(H,16,17). The molecular weight excluding hydrogens is 284 g/mol. The first-order valence-corrected chi connectivity index (χ1v) is 7.82. The maximum absolute atomic E-state index is 12.2. The molecule has 110 valence electrons. The molecule has 0 aliphatic carbocycles. The fraction of sp³-hybridized carbons (Fsp3) is 0.417. The van der Waals surface area contributed by atoms with Gasteiger partial charge >= 0.3 is 5.97 Å². The molecule has 1 atom stereocenters. The Morgan fingerprint density at radius 2 is 2.05 bits per heavy atom. The van der Waals surface area contributed by atoms with Gasteiger partial charge in [0.15, 0.2) is 0 Å². The highest BCUT2D eigenvalue weighted by atomic mass is 32.2. The van der Waals surface area contributed by atoms with Crippen LogP contribution in [0.5, 0.6) is 0 Å². The third-order valence-corrected chi connectivity index (χ3v) is 3.84. The molecule has 1 aromatic heterocycles. The Labute approximate surface area is 117 Å². The van der Waals surface area contributed by atoms with Crippen molar-refractivity contribution in [3.8, 4) is 0 Å². The summed E-state index contributed by atoms with van der Waals surface area (Å²) in [6.07, 6.45) is 2.32. The summed E-state index contributed by atoms with van der Waals surface area (Å²) in [6.45, 7) is 1.61. The molecule has 0 saturated heterocycles. The number of hydrogen-bond donors (Lipinski definition) is 1. The highest BCUT2D eigenvalue weighted by Gasteiger charge is 2.21. The van der Waals surface area contributed by atoms with Crippen LogP contribution in [0.4, 0.5) is 0 Å². The number of carbonyl (C=O) groups excluding carboxylic acids is 1. The van der Waals surface area contributed by atoms with Crippen LogP contribution >= 0.6 is 0 Å². The molecule has 0 spiro atoms. The second-order valence-corrected chi connectivity index (χ2v) is 6.78. The lowest BCUT2D eigenvalue weighted by molar-refractivity contribution is 0.0690. The minimum atomic E-state index is -3.21. The monoisotopic (exact) mass is 300 g/mol. The van der Waals surface area contributed by atoms with E-state index in [-0.39, 0.29) is 17.0 Å². The molecule has 20 heavy (non-hydrogen) atoms. The number of pyridine rings is 1. The van der Waals surface area contributed by atoms with E-state index in [0.29, 0.717) is 0 Å². The van der Waals surface area contributed by atoms with E-state index < -0.39 is 27.8 Å². The lowest BCUT2D eigenvalue weighted by Crippen LogP contribution is -2.39. The number of carboxylic acid groups (broad SMARTS) is 1. The zero-order valence-electron chi connectivity index (χ0n) is 11.4. The number of aromatic nitrogens is 1. The number of hydrogen-bond acceptors (Lipinski definition) is 5. The summed E-state index contributed by atoms with van der Waals surface area (Å²) in [5.41, 5.74) is -0.0831. The van der Waals surface area contributed by atoms with Crippen molar-refractivity contribution in [1.82, 2.24) is 9.88 Å². The van der Waals surface area contributed by atoms with Gasteiger partial charge in [-0.2, -0.15) is 0 Å². The van der Waals surface area contributed by atoms with E-state index in [4.69, 9.17) is 5.11 Å².